The monoisotopic (exact) mass is 261 g/mol. The molecule has 0 spiro atoms. The van der Waals surface area contributed by atoms with Crippen molar-refractivity contribution in [3.63, 3.8) is 0 Å². The molecule has 104 valence electrons. The normalized spacial score (nSPS) is 14.8. The highest BCUT2D eigenvalue weighted by Gasteiger charge is 2.31. The van der Waals surface area contributed by atoms with Gasteiger partial charge in [-0.2, -0.15) is 0 Å². The van der Waals surface area contributed by atoms with E-state index in [1.165, 1.54) is 5.56 Å². The number of carbonyl (C=O) groups excluding carboxylic acids is 1. The Hall–Kier alpha value is -1.38. The van der Waals surface area contributed by atoms with Crippen LogP contribution in [0.2, 0.25) is 0 Å². The van der Waals surface area contributed by atoms with Crippen molar-refractivity contribution in [2.24, 2.45) is 5.92 Å². The number of aryl methyl sites for hydroxylation is 1. The third-order valence-electron chi connectivity index (χ3n) is 3.43. The molecule has 1 aromatic rings. The van der Waals surface area contributed by atoms with Crippen molar-refractivity contribution in [3.8, 4) is 0 Å². The first-order valence-electron chi connectivity index (χ1n) is 7.20. The summed E-state index contributed by atoms with van der Waals surface area (Å²) in [5.74, 6) is 0.801. The first-order valence-corrected chi connectivity index (χ1v) is 7.20. The average molecular weight is 261 g/mol. The molecule has 0 N–H and O–H groups in total. The SMILES string of the molecule is CCOC(=O)c1cc(CC(C)C)c(C)nc1C1CC1. The van der Waals surface area contributed by atoms with Gasteiger partial charge in [-0.15, -0.1) is 0 Å². The molecular weight excluding hydrogens is 238 g/mol. The zero-order chi connectivity index (χ0) is 14.0. The van der Waals surface area contributed by atoms with E-state index in [2.05, 4.69) is 13.8 Å². The zero-order valence-electron chi connectivity index (χ0n) is 12.3. The van der Waals surface area contributed by atoms with Crippen LogP contribution in [0.1, 0.15) is 66.8 Å². The average Bonchev–Trinajstić information content (AvgIpc) is 3.15. The Morgan fingerprint density at radius 1 is 1.47 bits per heavy atom. The van der Waals surface area contributed by atoms with Crippen molar-refractivity contribution in [1.29, 1.82) is 0 Å². The summed E-state index contributed by atoms with van der Waals surface area (Å²) in [5.41, 5.74) is 3.86. The maximum Gasteiger partial charge on any atom is 0.339 e. The highest BCUT2D eigenvalue weighted by atomic mass is 16.5. The van der Waals surface area contributed by atoms with Gasteiger partial charge in [-0.1, -0.05) is 13.8 Å². The lowest BCUT2D eigenvalue weighted by atomic mass is 9.98. The highest BCUT2D eigenvalue weighted by molar-refractivity contribution is 5.91. The van der Waals surface area contributed by atoms with Crippen LogP contribution in [0.3, 0.4) is 0 Å². The summed E-state index contributed by atoms with van der Waals surface area (Å²) in [6.45, 7) is 8.65. The van der Waals surface area contributed by atoms with Crippen molar-refractivity contribution < 1.29 is 9.53 Å². The number of rotatable bonds is 5. The minimum absolute atomic E-state index is 0.220. The van der Waals surface area contributed by atoms with Crippen molar-refractivity contribution in [2.45, 2.75) is 52.9 Å². The molecule has 0 atom stereocenters. The number of hydrogen-bond acceptors (Lipinski definition) is 3. The van der Waals surface area contributed by atoms with E-state index in [-0.39, 0.29) is 5.97 Å². The molecule has 1 saturated carbocycles. The molecule has 3 heteroatoms. The number of hydrogen-bond donors (Lipinski definition) is 0. The predicted octanol–water partition coefficient (Wildman–Crippen LogP) is 3.64. The molecule has 1 aromatic heterocycles. The van der Waals surface area contributed by atoms with Crippen LogP contribution in [-0.4, -0.2) is 17.6 Å². The van der Waals surface area contributed by atoms with Gasteiger partial charge in [-0.05, 0) is 50.7 Å². The quantitative estimate of drug-likeness (QED) is 0.760. The van der Waals surface area contributed by atoms with Gasteiger partial charge in [0.25, 0.3) is 0 Å². The van der Waals surface area contributed by atoms with Crippen molar-refractivity contribution in [1.82, 2.24) is 4.98 Å². The lowest BCUT2D eigenvalue weighted by Crippen LogP contribution is -2.12. The number of pyridine rings is 1. The number of ether oxygens (including phenoxy) is 1. The van der Waals surface area contributed by atoms with Crippen LogP contribution in [0.15, 0.2) is 6.07 Å². The molecule has 0 aromatic carbocycles. The fourth-order valence-electron chi connectivity index (χ4n) is 2.35. The van der Waals surface area contributed by atoms with Gasteiger partial charge < -0.3 is 4.74 Å². The van der Waals surface area contributed by atoms with Crippen LogP contribution < -0.4 is 0 Å². The van der Waals surface area contributed by atoms with Crippen LogP contribution in [-0.2, 0) is 11.2 Å². The Labute approximate surface area is 115 Å². The number of esters is 1. The summed E-state index contributed by atoms with van der Waals surface area (Å²) in [6.07, 6.45) is 3.24. The number of nitrogens with zero attached hydrogens (tertiary/aromatic N) is 1. The van der Waals surface area contributed by atoms with Crippen LogP contribution in [0.4, 0.5) is 0 Å². The van der Waals surface area contributed by atoms with E-state index in [9.17, 15) is 4.79 Å². The maximum absolute atomic E-state index is 12.1. The molecule has 0 bridgehead atoms. The van der Waals surface area contributed by atoms with Crippen molar-refractivity contribution >= 4 is 5.97 Å². The summed E-state index contributed by atoms with van der Waals surface area (Å²) in [4.78, 5) is 16.8. The smallest absolute Gasteiger partial charge is 0.339 e. The summed E-state index contributed by atoms with van der Waals surface area (Å²) < 4.78 is 5.17. The molecule has 1 aliphatic rings. The van der Waals surface area contributed by atoms with Crippen LogP contribution >= 0.6 is 0 Å². The van der Waals surface area contributed by atoms with Gasteiger partial charge in [0, 0.05) is 11.6 Å². The molecule has 1 heterocycles. The summed E-state index contributed by atoms with van der Waals surface area (Å²) in [5, 5.41) is 0. The van der Waals surface area contributed by atoms with Gasteiger partial charge in [0.2, 0.25) is 0 Å². The van der Waals surface area contributed by atoms with Gasteiger partial charge in [-0.25, -0.2) is 4.79 Å². The molecule has 0 unspecified atom stereocenters. The maximum atomic E-state index is 12.1. The second kappa shape index (κ2) is 5.72. The largest absolute Gasteiger partial charge is 0.462 e. The van der Waals surface area contributed by atoms with Crippen LogP contribution in [0, 0.1) is 12.8 Å². The first kappa shape index (κ1) is 14.0. The number of aromatic nitrogens is 1. The first-order chi connectivity index (χ1) is 9.02. The Kier molecular flexibility index (Phi) is 4.23. The van der Waals surface area contributed by atoms with Gasteiger partial charge in [-0.3, -0.25) is 4.98 Å². The molecule has 0 saturated heterocycles. The molecule has 0 radical (unpaired) electrons. The molecule has 3 nitrogen and oxygen atoms in total. The molecule has 0 aliphatic heterocycles. The van der Waals surface area contributed by atoms with E-state index in [1.54, 1.807) is 0 Å². The fraction of sp³-hybridized carbons (Fsp3) is 0.625. The molecule has 19 heavy (non-hydrogen) atoms. The van der Waals surface area contributed by atoms with E-state index in [0.29, 0.717) is 24.0 Å². The lowest BCUT2D eigenvalue weighted by molar-refractivity contribution is 0.0524. The Bertz CT molecular complexity index is 476. The van der Waals surface area contributed by atoms with E-state index in [0.717, 1.165) is 30.7 Å². The minimum atomic E-state index is -0.220. The Morgan fingerprint density at radius 3 is 2.68 bits per heavy atom. The predicted molar refractivity (Wildman–Crippen MR) is 75.4 cm³/mol. The lowest BCUT2D eigenvalue weighted by Gasteiger charge is -2.14. The van der Waals surface area contributed by atoms with E-state index < -0.39 is 0 Å². The third kappa shape index (κ3) is 3.34. The molecule has 1 aliphatic carbocycles. The molecular formula is C16H23NO2. The van der Waals surface area contributed by atoms with Gasteiger partial charge >= 0.3 is 5.97 Å². The van der Waals surface area contributed by atoms with Crippen molar-refractivity contribution in [2.75, 3.05) is 6.61 Å². The topological polar surface area (TPSA) is 39.2 Å². The van der Waals surface area contributed by atoms with E-state index in [1.807, 2.05) is 19.9 Å². The number of carbonyl (C=O) groups is 1. The van der Waals surface area contributed by atoms with Crippen molar-refractivity contribution in [3.05, 3.63) is 28.6 Å². The Morgan fingerprint density at radius 2 is 2.16 bits per heavy atom. The second-order valence-corrected chi connectivity index (χ2v) is 5.76. The van der Waals surface area contributed by atoms with E-state index in [4.69, 9.17) is 9.72 Å². The fourth-order valence-corrected chi connectivity index (χ4v) is 2.35. The Balaban J connectivity index is 2.38. The molecule has 1 fully saturated rings. The highest BCUT2D eigenvalue weighted by Crippen LogP contribution is 2.41. The van der Waals surface area contributed by atoms with E-state index >= 15 is 0 Å². The zero-order valence-corrected chi connectivity index (χ0v) is 12.3. The van der Waals surface area contributed by atoms with Gasteiger partial charge in [0.05, 0.1) is 17.9 Å². The summed E-state index contributed by atoms with van der Waals surface area (Å²) in [6, 6.07) is 2.01. The molecule has 2 rings (SSSR count). The van der Waals surface area contributed by atoms with Gasteiger partial charge in [0.1, 0.15) is 0 Å². The van der Waals surface area contributed by atoms with Gasteiger partial charge in [0.15, 0.2) is 0 Å². The van der Waals surface area contributed by atoms with Crippen LogP contribution in [0.5, 0.6) is 0 Å². The second-order valence-electron chi connectivity index (χ2n) is 5.76. The summed E-state index contributed by atoms with van der Waals surface area (Å²) in [7, 11) is 0. The molecule has 0 amide bonds. The van der Waals surface area contributed by atoms with Crippen LogP contribution in [0.25, 0.3) is 0 Å². The summed E-state index contributed by atoms with van der Waals surface area (Å²) >= 11 is 0. The third-order valence-corrected chi connectivity index (χ3v) is 3.43. The standard InChI is InChI=1S/C16H23NO2/c1-5-19-16(18)14-9-13(8-10(2)3)11(4)17-15(14)12-6-7-12/h9-10,12H,5-8H2,1-4H3. The minimum Gasteiger partial charge on any atom is -0.462 e.